The maximum Gasteiger partial charge on any atom is 0.243 e. The predicted molar refractivity (Wildman–Crippen MR) is 200 cm³/mol. The van der Waals surface area contributed by atoms with E-state index in [0.717, 1.165) is 27.9 Å². The molecule has 3 aromatic carbocycles. The van der Waals surface area contributed by atoms with Gasteiger partial charge in [0.1, 0.15) is 11.9 Å². The highest BCUT2D eigenvalue weighted by Crippen LogP contribution is 2.50. The molecular formula is C38H47N5O6S. The van der Waals surface area contributed by atoms with Crippen molar-refractivity contribution >= 4 is 40.3 Å². The Labute approximate surface area is 297 Å². The van der Waals surface area contributed by atoms with Crippen LogP contribution in [0.4, 0.5) is 5.69 Å². The molecule has 1 aliphatic rings. The van der Waals surface area contributed by atoms with Gasteiger partial charge >= 0.3 is 0 Å². The molecule has 12 heteroatoms. The summed E-state index contributed by atoms with van der Waals surface area (Å²) >= 11 is 1.70. The molecule has 1 heterocycles. The van der Waals surface area contributed by atoms with Gasteiger partial charge in [-0.1, -0.05) is 38.5 Å². The average molecular weight is 702 g/mol. The van der Waals surface area contributed by atoms with Gasteiger partial charge in [-0.25, -0.2) is 4.98 Å². The summed E-state index contributed by atoms with van der Waals surface area (Å²) in [5.74, 6) is 2.40. The Morgan fingerprint density at radius 1 is 1.06 bits per heavy atom. The number of aryl methyl sites for hydroxylation is 1. The smallest absolute Gasteiger partial charge is 0.243 e. The number of carbonyl (C=O) groups is 2. The Kier molecular flexibility index (Phi) is 11.9. The van der Waals surface area contributed by atoms with E-state index < -0.39 is 12.1 Å². The summed E-state index contributed by atoms with van der Waals surface area (Å²) in [4.78, 5) is 48.8. The molecule has 1 aromatic heterocycles. The minimum absolute atomic E-state index is 0.112. The van der Waals surface area contributed by atoms with Gasteiger partial charge in [0, 0.05) is 12.5 Å². The molecule has 0 saturated carbocycles. The van der Waals surface area contributed by atoms with E-state index >= 15 is 0 Å². The third-order valence-corrected chi connectivity index (χ3v) is 10.0. The van der Waals surface area contributed by atoms with Gasteiger partial charge in [-0.2, -0.15) is 11.8 Å². The summed E-state index contributed by atoms with van der Waals surface area (Å²) in [5, 5.41) is 9.60. The Balaban J connectivity index is 1.57. The lowest BCUT2D eigenvalue weighted by Gasteiger charge is -2.26. The van der Waals surface area contributed by atoms with Gasteiger partial charge in [0.15, 0.2) is 11.5 Å². The second-order valence-corrected chi connectivity index (χ2v) is 13.6. The van der Waals surface area contributed by atoms with Crippen molar-refractivity contribution in [1.29, 1.82) is 0 Å². The highest BCUT2D eigenvalue weighted by atomic mass is 32.2. The van der Waals surface area contributed by atoms with E-state index in [9.17, 15) is 14.4 Å². The van der Waals surface area contributed by atoms with E-state index in [4.69, 9.17) is 19.2 Å². The van der Waals surface area contributed by atoms with Crippen LogP contribution in [0.25, 0.3) is 22.2 Å². The number of H-pyrrole nitrogens is 1. The van der Waals surface area contributed by atoms with Crippen molar-refractivity contribution in [1.82, 2.24) is 20.6 Å². The number of anilines is 1. The first kappa shape index (κ1) is 36.6. The average Bonchev–Trinajstić information content (AvgIpc) is 3.42. The molecule has 0 spiro atoms. The van der Waals surface area contributed by atoms with Gasteiger partial charge in [0.25, 0.3) is 0 Å². The number of nitrogens with zero attached hydrogens (tertiary/aromatic N) is 1. The summed E-state index contributed by atoms with van der Waals surface area (Å²) in [6.45, 7) is 5.47. The molecule has 5 rings (SSSR count). The maximum atomic E-state index is 14.1. The number of rotatable bonds is 14. The van der Waals surface area contributed by atoms with Crippen LogP contribution in [0.5, 0.6) is 17.2 Å². The number of imidazole rings is 1. The molecule has 0 unspecified atom stereocenters. The fourth-order valence-corrected chi connectivity index (χ4v) is 7.08. The molecule has 4 aromatic rings. The standard InChI is InChI=1S/C38H47N5O6S/c1-8-21(2)34(38(46)43-30(17-18-50-7)37-41-27-11-9-10-12-28(27)42-37)40-29-16-14-24-25(20-31(29)45)26(39-22(3)44)15-13-23-19-32(47-4)35(48-5)36(49-6)33(23)24/h9-12,14,16,19-21,26,30,34H,8,13,15,17-18H2,1-7H3,(H,39,44)(H,40,45)(H,41,42)(H,43,46)/t21-,26+,30+,34+/m1/s1. The Bertz CT molecular complexity index is 1880. The minimum Gasteiger partial charge on any atom is -0.493 e. The number of methoxy groups -OCH3 is 3. The van der Waals surface area contributed by atoms with Gasteiger partial charge in [0.2, 0.25) is 23.0 Å². The normalized spacial score (nSPS) is 15.5. The van der Waals surface area contributed by atoms with E-state index in [0.29, 0.717) is 59.9 Å². The van der Waals surface area contributed by atoms with Crippen LogP contribution in [0, 0.1) is 5.92 Å². The molecule has 266 valence electrons. The molecule has 0 fully saturated rings. The van der Waals surface area contributed by atoms with Crippen LogP contribution in [0.2, 0.25) is 0 Å². The minimum atomic E-state index is -0.714. The number of hydrogen-bond acceptors (Lipinski definition) is 9. The SMILES string of the molecule is CC[C@@H](C)[C@H](Nc1ccc2c(cc1=O)[C@@H](NC(C)=O)CCc1cc(OC)c(OC)c(OC)c1-2)C(=O)N[C@@H](CCSC)c1nc2ccccc2[nH]1. The summed E-state index contributed by atoms with van der Waals surface area (Å²) < 4.78 is 17.3. The summed E-state index contributed by atoms with van der Waals surface area (Å²) in [6, 6.07) is 13.3. The van der Waals surface area contributed by atoms with Crippen LogP contribution in [-0.4, -0.2) is 61.2 Å². The number of nitrogens with one attached hydrogen (secondary N) is 4. The molecule has 2 amide bonds. The lowest BCUT2D eigenvalue weighted by atomic mass is 9.95. The molecule has 50 heavy (non-hydrogen) atoms. The molecule has 4 N–H and O–H groups in total. The van der Waals surface area contributed by atoms with Crippen molar-refractivity contribution in [2.24, 2.45) is 5.92 Å². The molecule has 0 bridgehead atoms. The third kappa shape index (κ3) is 7.70. The van der Waals surface area contributed by atoms with Crippen LogP contribution in [0.1, 0.15) is 69.1 Å². The van der Waals surface area contributed by atoms with E-state index in [2.05, 4.69) is 20.9 Å². The molecule has 1 aliphatic carbocycles. The zero-order valence-corrected chi connectivity index (χ0v) is 30.6. The van der Waals surface area contributed by atoms with Crippen LogP contribution < -0.4 is 35.6 Å². The lowest BCUT2D eigenvalue weighted by molar-refractivity contribution is -0.123. The number of benzene rings is 2. The van der Waals surface area contributed by atoms with Gasteiger partial charge < -0.3 is 35.1 Å². The highest BCUT2D eigenvalue weighted by molar-refractivity contribution is 7.98. The quantitative estimate of drug-likeness (QED) is 0.121. The van der Waals surface area contributed by atoms with Crippen LogP contribution in [0.3, 0.4) is 0 Å². The number of para-hydroxylation sites is 2. The van der Waals surface area contributed by atoms with Crippen LogP contribution in [-0.2, 0) is 16.0 Å². The van der Waals surface area contributed by atoms with Gasteiger partial charge in [-0.05, 0) is 84.2 Å². The van der Waals surface area contributed by atoms with Crippen LogP contribution >= 0.6 is 11.8 Å². The summed E-state index contributed by atoms with van der Waals surface area (Å²) in [5.41, 5.74) is 4.75. The fraction of sp³-hybridized carbons (Fsp3) is 0.421. The number of ether oxygens (including phenoxy) is 3. The number of aromatic amines is 1. The molecular weight excluding hydrogens is 655 g/mol. The van der Waals surface area contributed by atoms with E-state index in [1.807, 2.05) is 56.5 Å². The largest absolute Gasteiger partial charge is 0.493 e. The lowest BCUT2D eigenvalue weighted by Crippen LogP contribution is -2.45. The van der Waals surface area contributed by atoms with Crippen LogP contribution in [0.15, 0.2) is 53.3 Å². The predicted octanol–water partition coefficient (Wildman–Crippen LogP) is 6.18. The van der Waals surface area contributed by atoms with Gasteiger partial charge in [-0.3, -0.25) is 14.4 Å². The van der Waals surface area contributed by atoms with E-state index in [1.165, 1.54) is 6.92 Å². The molecule has 0 aliphatic heterocycles. The monoisotopic (exact) mass is 701 g/mol. The maximum absolute atomic E-state index is 14.1. The third-order valence-electron chi connectivity index (χ3n) is 9.39. The van der Waals surface area contributed by atoms with E-state index in [-0.39, 0.29) is 34.9 Å². The zero-order chi connectivity index (χ0) is 35.9. The fourth-order valence-electron chi connectivity index (χ4n) is 6.61. The van der Waals surface area contributed by atoms with Crippen molar-refractivity contribution in [3.63, 3.8) is 0 Å². The molecule has 4 atom stereocenters. The number of aromatic nitrogens is 2. The number of carbonyl (C=O) groups excluding carboxylic acids is 2. The summed E-state index contributed by atoms with van der Waals surface area (Å²) in [6.07, 6.45) is 4.55. The van der Waals surface area contributed by atoms with Crippen molar-refractivity contribution in [3.8, 4) is 28.4 Å². The van der Waals surface area contributed by atoms with Crippen molar-refractivity contribution in [3.05, 3.63) is 75.7 Å². The second kappa shape index (κ2) is 16.3. The summed E-state index contributed by atoms with van der Waals surface area (Å²) in [7, 11) is 4.68. The first-order chi connectivity index (χ1) is 24.1. The Hall–Kier alpha value is -4.71. The molecule has 11 nitrogen and oxygen atoms in total. The van der Waals surface area contributed by atoms with Crippen molar-refractivity contribution in [2.75, 3.05) is 38.7 Å². The first-order valence-corrected chi connectivity index (χ1v) is 18.3. The number of thioether (sulfide) groups is 1. The Morgan fingerprint density at radius 3 is 2.48 bits per heavy atom. The number of amides is 2. The van der Waals surface area contributed by atoms with Crippen molar-refractivity contribution in [2.45, 2.75) is 64.6 Å². The number of fused-ring (bicyclic) bond motifs is 4. The van der Waals surface area contributed by atoms with E-state index in [1.54, 1.807) is 45.2 Å². The molecule has 0 radical (unpaired) electrons. The Morgan fingerprint density at radius 2 is 1.82 bits per heavy atom. The topological polar surface area (TPSA) is 144 Å². The number of hydrogen-bond donors (Lipinski definition) is 4. The first-order valence-electron chi connectivity index (χ1n) is 16.9. The second-order valence-electron chi connectivity index (χ2n) is 12.6. The van der Waals surface area contributed by atoms with Crippen molar-refractivity contribution < 1.29 is 23.8 Å². The van der Waals surface area contributed by atoms with Gasteiger partial charge in [0.05, 0.1) is 50.1 Å². The molecule has 0 saturated heterocycles. The zero-order valence-electron chi connectivity index (χ0n) is 29.8. The highest BCUT2D eigenvalue weighted by Gasteiger charge is 2.31. The van der Waals surface area contributed by atoms with Gasteiger partial charge in [-0.15, -0.1) is 0 Å².